The lowest BCUT2D eigenvalue weighted by Gasteiger charge is -2.16. The van der Waals surface area contributed by atoms with Gasteiger partial charge in [-0.05, 0) is 38.0 Å². The Morgan fingerprint density at radius 2 is 2.08 bits per heavy atom. The predicted octanol–water partition coefficient (Wildman–Crippen LogP) is 3.25. The number of rotatable bonds is 5. The van der Waals surface area contributed by atoms with Crippen LogP contribution < -0.4 is 14.8 Å². The molecule has 0 fully saturated rings. The lowest BCUT2D eigenvalue weighted by Crippen LogP contribution is -2.27. The second-order valence-corrected chi connectivity index (χ2v) is 6.34. The Labute approximate surface area is 148 Å². The molecule has 0 bridgehead atoms. The molecule has 1 unspecified atom stereocenters. The normalized spacial score (nSPS) is 14.7. The Balaban J connectivity index is 1.72. The number of carbonyl (C=O) groups is 1. The Bertz CT molecular complexity index is 754. The van der Waals surface area contributed by atoms with Crippen LogP contribution in [0, 0.1) is 6.92 Å². The molecule has 1 aliphatic heterocycles. The molecule has 2 heterocycles. The van der Waals surface area contributed by atoms with Gasteiger partial charge in [-0.3, -0.25) is 9.48 Å². The molecular weight excluding hydrogens is 318 g/mol. The van der Waals surface area contributed by atoms with Crippen molar-refractivity contribution in [3.8, 4) is 11.5 Å². The number of hydrogen-bond donors (Lipinski definition) is 1. The molecule has 6 heteroatoms. The molecule has 0 spiro atoms. The van der Waals surface area contributed by atoms with Crippen LogP contribution in [0.15, 0.2) is 24.4 Å². The molecule has 1 amide bonds. The Morgan fingerprint density at radius 1 is 1.32 bits per heavy atom. The van der Waals surface area contributed by atoms with Gasteiger partial charge in [-0.2, -0.15) is 5.10 Å². The summed E-state index contributed by atoms with van der Waals surface area (Å²) in [5.41, 5.74) is 2.35. The van der Waals surface area contributed by atoms with E-state index in [2.05, 4.69) is 17.3 Å². The molecule has 0 saturated heterocycles. The summed E-state index contributed by atoms with van der Waals surface area (Å²) in [4.78, 5) is 12.6. The van der Waals surface area contributed by atoms with E-state index >= 15 is 0 Å². The lowest BCUT2D eigenvalue weighted by molar-refractivity contribution is 0.0939. The van der Waals surface area contributed by atoms with Crippen LogP contribution in [-0.4, -0.2) is 28.9 Å². The Morgan fingerprint density at radius 3 is 2.84 bits per heavy atom. The standard InChI is InChI=1S/C19H25N3O3/c1-4-8-22-12-16(14(3)21-22)19(23)20-13(2)15-6-7-17-18(11-15)25-10-5-9-24-17/h6-7,11-13H,4-5,8-10H2,1-3H3,(H,20,23). The third-order valence-corrected chi connectivity index (χ3v) is 4.26. The molecule has 1 atom stereocenters. The highest BCUT2D eigenvalue weighted by Gasteiger charge is 2.18. The van der Waals surface area contributed by atoms with Crippen molar-refractivity contribution in [2.45, 2.75) is 46.2 Å². The number of aromatic nitrogens is 2. The monoisotopic (exact) mass is 343 g/mol. The third kappa shape index (κ3) is 3.95. The zero-order valence-corrected chi connectivity index (χ0v) is 15.0. The minimum atomic E-state index is -0.140. The lowest BCUT2D eigenvalue weighted by atomic mass is 10.1. The van der Waals surface area contributed by atoms with Crippen molar-refractivity contribution in [3.05, 3.63) is 41.2 Å². The predicted molar refractivity (Wildman–Crippen MR) is 95.2 cm³/mol. The fraction of sp³-hybridized carbons (Fsp3) is 0.474. The van der Waals surface area contributed by atoms with Gasteiger partial charge in [0.25, 0.3) is 5.91 Å². The van der Waals surface area contributed by atoms with E-state index in [9.17, 15) is 4.79 Å². The second kappa shape index (κ2) is 7.59. The van der Waals surface area contributed by atoms with E-state index in [1.807, 2.05) is 42.9 Å². The van der Waals surface area contributed by atoms with Gasteiger partial charge in [0.05, 0.1) is 30.5 Å². The highest BCUT2D eigenvalue weighted by Crippen LogP contribution is 2.32. The van der Waals surface area contributed by atoms with Crippen molar-refractivity contribution in [1.29, 1.82) is 0 Å². The van der Waals surface area contributed by atoms with Crippen molar-refractivity contribution in [2.75, 3.05) is 13.2 Å². The number of hydrogen-bond acceptors (Lipinski definition) is 4. The van der Waals surface area contributed by atoms with E-state index in [0.29, 0.717) is 18.8 Å². The van der Waals surface area contributed by atoms with Gasteiger partial charge in [0.1, 0.15) is 0 Å². The number of benzene rings is 1. The number of aryl methyl sites for hydroxylation is 2. The van der Waals surface area contributed by atoms with Crippen molar-refractivity contribution >= 4 is 5.91 Å². The van der Waals surface area contributed by atoms with Crippen LogP contribution in [0.1, 0.15) is 54.3 Å². The first-order valence-electron chi connectivity index (χ1n) is 8.83. The van der Waals surface area contributed by atoms with E-state index in [1.165, 1.54) is 0 Å². The van der Waals surface area contributed by atoms with E-state index in [0.717, 1.165) is 42.1 Å². The van der Waals surface area contributed by atoms with Crippen molar-refractivity contribution in [1.82, 2.24) is 15.1 Å². The summed E-state index contributed by atoms with van der Waals surface area (Å²) in [5.74, 6) is 1.39. The molecule has 1 aromatic carbocycles. The van der Waals surface area contributed by atoms with Gasteiger partial charge >= 0.3 is 0 Å². The number of carbonyl (C=O) groups excluding carboxylic acids is 1. The average molecular weight is 343 g/mol. The summed E-state index contributed by atoms with van der Waals surface area (Å²) in [6.07, 6.45) is 3.67. The number of nitrogens with zero attached hydrogens (tertiary/aromatic N) is 2. The van der Waals surface area contributed by atoms with Gasteiger partial charge in [-0.1, -0.05) is 13.0 Å². The Kier molecular flexibility index (Phi) is 5.26. The van der Waals surface area contributed by atoms with Crippen LogP contribution in [0.5, 0.6) is 11.5 Å². The maximum Gasteiger partial charge on any atom is 0.255 e. The van der Waals surface area contributed by atoms with Crippen LogP contribution in [0.3, 0.4) is 0 Å². The van der Waals surface area contributed by atoms with Crippen LogP contribution in [-0.2, 0) is 6.54 Å². The maximum atomic E-state index is 12.6. The molecular formula is C19H25N3O3. The maximum absolute atomic E-state index is 12.6. The first-order valence-corrected chi connectivity index (χ1v) is 8.83. The second-order valence-electron chi connectivity index (χ2n) is 6.34. The van der Waals surface area contributed by atoms with Crippen LogP contribution in [0.2, 0.25) is 0 Å². The van der Waals surface area contributed by atoms with E-state index < -0.39 is 0 Å². The highest BCUT2D eigenvalue weighted by molar-refractivity contribution is 5.95. The molecule has 1 N–H and O–H groups in total. The summed E-state index contributed by atoms with van der Waals surface area (Å²) in [6, 6.07) is 5.67. The SMILES string of the molecule is CCCn1cc(C(=O)NC(C)c2ccc3c(c2)OCCCO3)c(C)n1. The van der Waals surface area contributed by atoms with Gasteiger partial charge in [-0.15, -0.1) is 0 Å². The van der Waals surface area contributed by atoms with Gasteiger partial charge < -0.3 is 14.8 Å². The third-order valence-electron chi connectivity index (χ3n) is 4.26. The molecule has 134 valence electrons. The number of fused-ring (bicyclic) bond motifs is 1. The molecule has 0 saturated carbocycles. The zero-order valence-electron chi connectivity index (χ0n) is 15.0. The van der Waals surface area contributed by atoms with Gasteiger partial charge in [-0.25, -0.2) is 0 Å². The zero-order chi connectivity index (χ0) is 17.8. The quantitative estimate of drug-likeness (QED) is 0.905. The van der Waals surface area contributed by atoms with E-state index in [1.54, 1.807) is 0 Å². The molecule has 25 heavy (non-hydrogen) atoms. The molecule has 1 aromatic heterocycles. The summed E-state index contributed by atoms with van der Waals surface area (Å²) in [7, 11) is 0. The average Bonchev–Trinajstić information content (AvgIpc) is 2.81. The number of amides is 1. The minimum Gasteiger partial charge on any atom is -0.490 e. The number of ether oxygens (including phenoxy) is 2. The topological polar surface area (TPSA) is 65.4 Å². The van der Waals surface area contributed by atoms with Gasteiger partial charge in [0.2, 0.25) is 0 Å². The largest absolute Gasteiger partial charge is 0.490 e. The molecule has 6 nitrogen and oxygen atoms in total. The molecule has 3 rings (SSSR count). The first kappa shape index (κ1) is 17.3. The van der Waals surface area contributed by atoms with Crippen LogP contribution in [0.4, 0.5) is 0 Å². The first-order chi connectivity index (χ1) is 12.1. The summed E-state index contributed by atoms with van der Waals surface area (Å²) < 4.78 is 13.2. The molecule has 2 aromatic rings. The smallest absolute Gasteiger partial charge is 0.255 e. The fourth-order valence-corrected chi connectivity index (χ4v) is 2.89. The molecule has 1 aliphatic rings. The Hall–Kier alpha value is -2.50. The van der Waals surface area contributed by atoms with E-state index in [4.69, 9.17) is 9.47 Å². The minimum absolute atomic E-state index is 0.112. The fourth-order valence-electron chi connectivity index (χ4n) is 2.89. The van der Waals surface area contributed by atoms with Crippen LogP contribution in [0.25, 0.3) is 0 Å². The molecule has 0 aliphatic carbocycles. The summed E-state index contributed by atoms with van der Waals surface area (Å²) in [6.45, 7) is 8.03. The van der Waals surface area contributed by atoms with Crippen molar-refractivity contribution in [3.63, 3.8) is 0 Å². The number of nitrogens with one attached hydrogen (secondary N) is 1. The van der Waals surface area contributed by atoms with Crippen molar-refractivity contribution < 1.29 is 14.3 Å². The van der Waals surface area contributed by atoms with Gasteiger partial charge in [0.15, 0.2) is 11.5 Å². The van der Waals surface area contributed by atoms with E-state index in [-0.39, 0.29) is 11.9 Å². The highest BCUT2D eigenvalue weighted by atomic mass is 16.5. The summed E-state index contributed by atoms with van der Waals surface area (Å²) >= 11 is 0. The molecule has 0 radical (unpaired) electrons. The summed E-state index contributed by atoms with van der Waals surface area (Å²) in [5, 5.41) is 7.43. The van der Waals surface area contributed by atoms with Crippen molar-refractivity contribution in [2.24, 2.45) is 0 Å². The van der Waals surface area contributed by atoms with Crippen LogP contribution >= 0.6 is 0 Å². The van der Waals surface area contributed by atoms with Gasteiger partial charge in [0, 0.05) is 19.2 Å².